The SMILES string of the molecule is O=Cc1ccc2nc3c(nc2c1)-c1cccc2cccc-3c12. The molecule has 3 nitrogen and oxygen atoms in total. The second-order valence-electron chi connectivity index (χ2n) is 5.50. The number of aldehydes is 1. The van der Waals surface area contributed by atoms with Crippen LogP contribution in [0.2, 0.25) is 0 Å². The van der Waals surface area contributed by atoms with E-state index in [0.717, 1.165) is 39.8 Å². The summed E-state index contributed by atoms with van der Waals surface area (Å²) in [6, 6.07) is 17.9. The topological polar surface area (TPSA) is 42.9 Å². The third kappa shape index (κ3) is 1.37. The lowest BCUT2D eigenvalue weighted by Gasteiger charge is -2.04. The molecule has 5 rings (SSSR count). The molecule has 0 saturated carbocycles. The van der Waals surface area contributed by atoms with Crippen LogP contribution in [0.1, 0.15) is 10.4 Å². The molecule has 1 aliphatic rings. The number of hydrogen-bond acceptors (Lipinski definition) is 3. The maximum atomic E-state index is 11.0. The average Bonchev–Trinajstić information content (AvgIpc) is 2.88. The molecular weight excluding hydrogens is 272 g/mol. The summed E-state index contributed by atoms with van der Waals surface area (Å²) < 4.78 is 0. The van der Waals surface area contributed by atoms with Crippen LogP contribution in [0.15, 0.2) is 54.6 Å². The van der Waals surface area contributed by atoms with Gasteiger partial charge in [0.15, 0.2) is 0 Å². The van der Waals surface area contributed by atoms with Gasteiger partial charge >= 0.3 is 0 Å². The summed E-state index contributed by atoms with van der Waals surface area (Å²) >= 11 is 0. The van der Waals surface area contributed by atoms with Gasteiger partial charge in [0.05, 0.1) is 22.4 Å². The van der Waals surface area contributed by atoms with Gasteiger partial charge in [0.1, 0.15) is 6.29 Å². The second-order valence-corrected chi connectivity index (χ2v) is 5.50. The largest absolute Gasteiger partial charge is 0.298 e. The lowest BCUT2D eigenvalue weighted by atomic mass is 10.0. The Hall–Kier alpha value is -3.07. The lowest BCUT2D eigenvalue weighted by Crippen LogP contribution is -1.91. The van der Waals surface area contributed by atoms with E-state index in [1.54, 1.807) is 12.1 Å². The normalized spacial score (nSPS) is 11.8. The van der Waals surface area contributed by atoms with Gasteiger partial charge < -0.3 is 0 Å². The Morgan fingerprint density at radius 1 is 0.773 bits per heavy atom. The first-order valence-electron chi connectivity index (χ1n) is 7.14. The molecule has 0 radical (unpaired) electrons. The van der Waals surface area contributed by atoms with Crippen molar-refractivity contribution in [2.75, 3.05) is 0 Å². The minimum atomic E-state index is 0.621. The zero-order chi connectivity index (χ0) is 14.7. The van der Waals surface area contributed by atoms with Gasteiger partial charge in [-0.25, -0.2) is 9.97 Å². The molecule has 0 amide bonds. The third-order valence-electron chi connectivity index (χ3n) is 4.24. The van der Waals surface area contributed by atoms with E-state index in [1.165, 1.54) is 10.8 Å². The highest BCUT2D eigenvalue weighted by Gasteiger charge is 2.24. The fourth-order valence-electron chi connectivity index (χ4n) is 3.26. The molecule has 102 valence electrons. The van der Waals surface area contributed by atoms with Crippen molar-refractivity contribution >= 4 is 28.1 Å². The molecule has 22 heavy (non-hydrogen) atoms. The fraction of sp³-hybridized carbons (Fsp3) is 0. The van der Waals surface area contributed by atoms with Crippen LogP contribution in [-0.2, 0) is 0 Å². The highest BCUT2D eigenvalue weighted by Crippen LogP contribution is 2.45. The molecule has 0 fully saturated rings. The first-order valence-corrected chi connectivity index (χ1v) is 7.14. The molecule has 0 N–H and O–H groups in total. The van der Waals surface area contributed by atoms with Crippen LogP contribution in [0.4, 0.5) is 0 Å². The molecule has 0 unspecified atom stereocenters. The quantitative estimate of drug-likeness (QED) is 0.432. The summed E-state index contributed by atoms with van der Waals surface area (Å²) in [6.45, 7) is 0. The van der Waals surface area contributed by atoms with Crippen molar-refractivity contribution < 1.29 is 4.79 Å². The van der Waals surface area contributed by atoms with Gasteiger partial charge in [-0.15, -0.1) is 0 Å². The Labute approximate surface area is 126 Å². The summed E-state index contributed by atoms with van der Waals surface area (Å²) in [5, 5.41) is 2.42. The van der Waals surface area contributed by atoms with Crippen LogP contribution in [0.5, 0.6) is 0 Å². The molecule has 1 aromatic heterocycles. The number of hydrogen-bond donors (Lipinski definition) is 0. The number of carbonyl (C=O) groups is 1. The van der Waals surface area contributed by atoms with Crippen LogP contribution in [-0.4, -0.2) is 16.3 Å². The number of aromatic nitrogens is 2. The van der Waals surface area contributed by atoms with E-state index in [4.69, 9.17) is 9.97 Å². The second kappa shape index (κ2) is 3.98. The first-order chi connectivity index (χ1) is 10.8. The number of fused-ring (bicyclic) bond motifs is 4. The van der Waals surface area contributed by atoms with E-state index in [-0.39, 0.29) is 0 Å². The molecular formula is C19H10N2O. The van der Waals surface area contributed by atoms with Gasteiger partial charge in [0, 0.05) is 22.1 Å². The smallest absolute Gasteiger partial charge is 0.150 e. The molecule has 0 aliphatic heterocycles. The summed E-state index contributed by atoms with van der Waals surface area (Å²) in [5.41, 5.74) is 6.28. The lowest BCUT2D eigenvalue weighted by molar-refractivity contribution is 0.112. The van der Waals surface area contributed by atoms with Gasteiger partial charge in [-0.1, -0.05) is 36.4 Å². The van der Waals surface area contributed by atoms with Gasteiger partial charge in [-0.05, 0) is 23.6 Å². The van der Waals surface area contributed by atoms with E-state index in [0.29, 0.717) is 5.56 Å². The van der Waals surface area contributed by atoms with Crippen LogP contribution in [0.25, 0.3) is 44.3 Å². The molecule has 0 spiro atoms. The summed E-state index contributed by atoms with van der Waals surface area (Å²) in [5.74, 6) is 0. The Morgan fingerprint density at radius 3 is 2.14 bits per heavy atom. The standard InChI is InChI=1S/C19H10N2O/c22-10-11-7-8-15-16(9-11)21-19-14-6-2-4-12-3-1-5-13(17(12)14)18(19)20-15/h1-10H. The van der Waals surface area contributed by atoms with Crippen LogP contribution < -0.4 is 0 Å². The zero-order valence-corrected chi connectivity index (χ0v) is 11.6. The molecule has 0 saturated heterocycles. The molecule has 1 heterocycles. The fourth-order valence-corrected chi connectivity index (χ4v) is 3.26. The average molecular weight is 282 g/mol. The summed E-state index contributed by atoms with van der Waals surface area (Å²) in [7, 11) is 0. The van der Waals surface area contributed by atoms with E-state index in [2.05, 4.69) is 30.3 Å². The van der Waals surface area contributed by atoms with E-state index in [9.17, 15) is 4.79 Å². The predicted molar refractivity (Wildman–Crippen MR) is 86.9 cm³/mol. The number of benzene rings is 3. The van der Waals surface area contributed by atoms with Crippen LogP contribution in [0.3, 0.4) is 0 Å². The van der Waals surface area contributed by atoms with Crippen molar-refractivity contribution in [2.45, 2.75) is 0 Å². The predicted octanol–water partition coefficient (Wildman–Crippen LogP) is 4.24. The van der Waals surface area contributed by atoms with Crippen molar-refractivity contribution in [3.05, 3.63) is 60.2 Å². The van der Waals surface area contributed by atoms with Crippen molar-refractivity contribution in [1.29, 1.82) is 0 Å². The van der Waals surface area contributed by atoms with Gasteiger partial charge in [0.25, 0.3) is 0 Å². The third-order valence-corrected chi connectivity index (χ3v) is 4.24. The Morgan fingerprint density at radius 2 is 1.45 bits per heavy atom. The highest BCUT2D eigenvalue weighted by molar-refractivity contribution is 6.14. The Bertz CT molecular complexity index is 1090. The Kier molecular flexibility index (Phi) is 2.09. The maximum Gasteiger partial charge on any atom is 0.150 e. The number of rotatable bonds is 1. The highest BCUT2D eigenvalue weighted by atomic mass is 16.1. The van der Waals surface area contributed by atoms with Crippen molar-refractivity contribution in [2.24, 2.45) is 0 Å². The molecule has 3 heteroatoms. The summed E-state index contributed by atoms with van der Waals surface area (Å²) in [6.07, 6.45) is 0.837. The first kappa shape index (κ1) is 11.6. The van der Waals surface area contributed by atoms with E-state index >= 15 is 0 Å². The van der Waals surface area contributed by atoms with Crippen LogP contribution in [0, 0.1) is 0 Å². The monoisotopic (exact) mass is 282 g/mol. The number of nitrogens with zero attached hydrogens (tertiary/aromatic N) is 2. The molecule has 0 bridgehead atoms. The zero-order valence-electron chi connectivity index (χ0n) is 11.6. The minimum absolute atomic E-state index is 0.621. The molecule has 1 aliphatic carbocycles. The molecule has 3 aromatic carbocycles. The van der Waals surface area contributed by atoms with Crippen molar-refractivity contribution in [3.8, 4) is 22.5 Å². The molecule has 4 aromatic rings. The van der Waals surface area contributed by atoms with Gasteiger partial charge in [-0.3, -0.25) is 4.79 Å². The Balaban J connectivity index is 1.94. The summed E-state index contributed by atoms with van der Waals surface area (Å²) in [4.78, 5) is 20.5. The van der Waals surface area contributed by atoms with Crippen LogP contribution >= 0.6 is 0 Å². The molecule has 0 atom stereocenters. The van der Waals surface area contributed by atoms with E-state index < -0.39 is 0 Å². The number of carbonyl (C=O) groups excluding carboxylic acids is 1. The van der Waals surface area contributed by atoms with Gasteiger partial charge in [-0.2, -0.15) is 0 Å². The van der Waals surface area contributed by atoms with Crippen molar-refractivity contribution in [1.82, 2.24) is 9.97 Å². The van der Waals surface area contributed by atoms with Crippen molar-refractivity contribution in [3.63, 3.8) is 0 Å². The van der Waals surface area contributed by atoms with Gasteiger partial charge in [0.2, 0.25) is 0 Å². The van der Waals surface area contributed by atoms with E-state index in [1.807, 2.05) is 12.1 Å². The maximum absolute atomic E-state index is 11.0. The minimum Gasteiger partial charge on any atom is -0.298 e.